The van der Waals surface area contributed by atoms with Gasteiger partial charge in [-0.1, -0.05) is 35.4 Å². The lowest BCUT2D eigenvalue weighted by molar-refractivity contribution is -0.145. The summed E-state index contributed by atoms with van der Waals surface area (Å²) in [5, 5.41) is 20.4. The van der Waals surface area contributed by atoms with Crippen LogP contribution in [0.4, 0.5) is 18.9 Å². The zero-order valence-corrected chi connectivity index (χ0v) is 23.0. The number of allylic oxidation sites excluding steroid dienone is 6. The minimum atomic E-state index is -4.77. The highest BCUT2D eigenvalue weighted by molar-refractivity contribution is 6.36. The van der Waals surface area contributed by atoms with Gasteiger partial charge in [-0.05, 0) is 67.8 Å². The van der Waals surface area contributed by atoms with E-state index in [-0.39, 0.29) is 29.2 Å². The Bertz CT molecular complexity index is 1570. The number of aryl methyl sites for hydroxylation is 1. The van der Waals surface area contributed by atoms with Crippen LogP contribution in [0.25, 0.3) is 5.70 Å². The lowest BCUT2D eigenvalue weighted by atomic mass is 10.1. The fourth-order valence-corrected chi connectivity index (χ4v) is 4.58. The van der Waals surface area contributed by atoms with Crippen molar-refractivity contribution in [2.24, 2.45) is 0 Å². The van der Waals surface area contributed by atoms with Crippen LogP contribution in [0.2, 0.25) is 5.02 Å². The lowest BCUT2D eigenvalue weighted by Crippen LogP contribution is -2.26. The highest BCUT2D eigenvalue weighted by Crippen LogP contribution is 2.31. The van der Waals surface area contributed by atoms with E-state index in [1.165, 1.54) is 16.8 Å². The molecular formula is C25H23Cl2F3N8O2. The Morgan fingerprint density at radius 3 is 2.52 bits per heavy atom. The van der Waals surface area contributed by atoms with Crippen LogP contribution < -0.4 is 10.6 Å². The molecule has 0 radical (unpaired) electrons. The van der Waals surface area contributed by atoms with Gasteiger partial charge in [0.1, 0.15) is 12.2 Å². The summed E-state index contributed by atoms with van der Waals surface area (Å²) in [6.07, 6.45) is 1.02. The average Bonchev–Trinajstić information content (AvgIpc) is 3.47. The number of benzene rings is 1. The standard InChI is InChI=1S/C25H23Cl2F3N8O2/c1-4-31-22(39)17-10-15(26)9-14(3)20(17)32-23(40)19-11-16(12-37-35-24(33-36-37)25(28,29)30)34-38(19)21-13(2)7-5-6-8-18(21)27/h5-6,8-11H,4,7,12H2,1-3H3,(H,31,39)(H,32,40). The van der Waals surface area contributed by atoms with Gasteiger partial charge in [0.25, 0.3) is 17.6 Å². The summed E-state index contributed by atoms with van der Waals surface area (Å²) in [6.45, 7) is 5.30. The van der Waals surface area contributed by atoms with Crippen LogP contribution in [0.15, 0.2) is 47.0 Å². The number of tetrazole rings is 1. The summed E-state index contributed by atoms with van der Waals surface area (Å²) in [5.74, 6) is -2.49. The fourth-order valence-electron chi connectivity index (χ4n) is 3.99. The number of hydrogen-bond acceptors (Lipinski definition) is 6. The van der Waals surface area contributed by atoms with Crippen molar-refractivity contribution >= 4 is 46.4 Å². The van der Waals surface area contributed by atoms with Crippen molar-refractivity contribution in [2.45, 2.75) is 39.9 Å². The minimum absolute atomic E-state index is 0.00478. The lowest BCUT2D eigenvalue weighted by Gasteiger charge is -2.16. The zero-order chi connectivity index (χ0) is 29.2. The number of nitrogens with zero attached hydrogens (tertiary/aromatic N) is 6. The molecule has 1 aromatic carbocycles. The molecule has 4 rings (SSSR count). The Hall–Kier alpha value is -3.97. The summed E-state index contributed by atoms with van der Waals surface area (Å²) in [6, 6.07) is 4.42. The quantitative estimate of drug-likeness (QED) is 0.387. The number of halogens is 5. The van der Waals surface area contributed by atoms with E-state index in [1.807, 2.05) is 13.0 Å². The molecule has 10 nitrogen and oxygen atoms in total. The first kappa shape index (κ1) is 29.0. The van der Waals surface area contributed by atoms with Gasteiger partial charge in [-0.15, -0.1) is 10.2 Å². The number of alkyl halides is 3. The molecule has 1 aliphatic rings. The third-order valence-electron chi connectivity index (χ3n) is 5.77. The molecule has 40 heavy (non-hydrogen) atoms. The molecule has 3 aromatic rings. The first-order valence-corrected chi connectivity index (χ1v) is 12.7. The molecule has 0 spiro atoms. The van der Waals surface area contributed by atoms with Crippen molar-refractivity contribution in [3.63, 3.8) is 0 Å². The van der Waals surface area contributed by atoms with Crippen LogP contribution in [0.3, 0.4) is 0 Å². The third-order valence-corrected chi connectivity index (χ3v) is 6.29. The monoisotopic (exact) mass is 594 g/mol. The normalized spacial score (nSPS) is 13.8. The maximum atomic E-state index is 13.7. The van der Waals surface area contributed by atoms with E-state index in [0.717, 1.165) is 10.4 Å². The summed E-state index contributed by atoms with van der Waals surface area (Å²) in [7, 11) is 0. The van der Waals surface area contributed by atoms with Crippen molar-refractivity contribution < 1.29 is 22.8 Å². The van der Waals surface area contributed by atoms with E-state index in [4.69, 9.17) is 23.2 Å². The molecule has 2 N–H and O–H groups in total. The highest BCUT2D eigenvalue weighted by Gasteiger charge is 2.37. The van der Waals surface area contributed by atoms with Gasteiger partial charge < -0.3 is 10.6 Å². The van der Waals surface area contributed by atoms with Crippen molar-refractivity contribution in [1.29, 1.82) is 0 Å². The number of rotatable bonds is 7. The summed E-state index contributed by atoms with van der Waals surface area (Å²) in [5.41, 5.74) is 2.29. The summed E-state index contributed by atoms with van der Waals surface area (Å²) in [4.78, 5) is 27.2. The number of nitrogens with one attached hydrogen (secondary N) is 2. The first-order chi connectivity index (χ1) is 18.9. The second-order valence-electron chi connectivity index (χ2n) is 8.81. The first-order valence-electron chi connectivity index (χ1n) is 12.0. The number of anilines is 1. The van der Waals surface area contributed by atoms with Crippen molar-refractivity contribution in [1.82, 2.24) is 35.3 Å². The predicted molar refractivity (Wildman–Crippen MR) is 143 cm³/mol. The van der Waals surface area contributed by atoms with Crippen LogP contribution in [-0.2, 0) is 12.7 Å². The second-order valence-corrected chi connectivity index (χ2v) is 9.65. The Morgan fingerprint density at radius 2 is 1.85 bits per heavy atom. The van der Waals surface area contributed by atoms with E-state index in [1.54, 1.807) is 32.1 Å². The van der Waals surface area contributed by atoms with Crippen LogP contribution in [0.1, 0.15) is 58.2 Å². The van der Waals surface area contributed by atoms with Gasteiger partial charge >= 0.3 is 6.18 Å². The van der Waals surface area contributed by atoms with Crippen LogP contribution in [0, 0.1) is 6.92 Å². The van der Waals surface area contributed by atoms with E-state index in [9.17, 15) is 22.8 Å². The van der Waals surface area contributed by atoms with Gasteiger partial charge in [-0.3, -0.25) is 9.59 Å². The van der Waals surface area contributed by atoms with Crippen LogP contribution in [-0.4, -0.2) is 48.3 Å². The van der Waals surface area contributed by atoms with Crippen LogP contribution in [0.5, 0.6) is 0 Å². The molecule has 0 fully saturated rings. The van der Waals surface area contributed by atoms with E-state index in [0.29, 0.717) is 34.3 Å². The molecular weight excluding hydrogens is 572 g/mol. The predicted octanol–water partition coefficient (Wildman–Crippen LogP) is 5.21. The number of carbonyl (C=O) groups is 2. The van der Waals surface area contributed by atoms with Gasteiger partial charge in [0, 0.05) is 11.6 Å². The molecule has 210 valence electrons. The van der Waals surface area contributed by atoms with Crippen molar-refractivity contribution in [3.05, 3.63) is 80.4 Å². The SMILES string of the molecule is CCNC(=O)c1cc(Cl)cc(C)c1NC(=O)c1cc(Cn2nnc(C(F)(F)F)n2)nn1C1=C(C)CC=CC=C1Cl. The van der Waals surface area contributed by atoms with Gasteiger partial charge in [0.2, 0.25) is 0 Å². The number of amides is 2. The largest absolute Gasteiger partial charge is 0.455 e. The second kappa shape index (κ2) is 11.6. The summed E-state index contributed by atoms with van der Waals surface area (Å²) >= 11 is 12.7. The molecule has 1 aliphatic carbocycles. The molecule has 0 unspecified atom stereocenters. The number of aromatic nitrogens is 6. The molecule has 15 heteroatoms. The van der Waals surface area contributed by atoms with E-state index < -0.39 is 23.8 Å². The molecule has 0 aliphatic heterocycles. The molecule has 0 saturated carbocycles. The molecule has 2 amide bonds. The number of carbonyl (C=O) groups excluding carboxylic acids is 2. The molecule has 0 atom stereocenters. The maximum absolute atomic E-state index is 13.7. The zero-order valence-electron chi connectivity index (χ0n) is 21.5. The van der Waals surface area contributed by atoms with Crippen LogP contribution >= 0.6 is 23.2 Å². The Labute approximate surface area is 236 Å². The smallest absolute Gasteiger partial charge is 0.352 e. The Balaban J connectivity index is 1.78. The van der Waals surface area contributed by atoms with E-state index >= 15 is 0 Å². The van der Waals surface area contributed by atoms with Gasteiger partial charge in [0.15, 0.2) is 0 Å². The number of hydrogen-bond donors (Lipinski definition) is 2. The maximum Gasteiger partial charge on any atom is 0.455 e. The topological polar surface area (TPSA) is 120 Å². The third kappa shape index (κ3) is 6.26. The molecule has 0 bridgehead atoms. The summed E-state index contributed by atoms with van der Waals surface area (Å²) < 4.78 is 40.2. The molecule has 2 heterocycles. The van der Waals surface area contributed by atoms with Crippen molar-refractivity contribution in [2.75, 3.05) is 11.9 Å². The van der Waals surface area contributed by atoms with Gasteiger partial charge in [0.05, 0.1) is 27.7 Å². The highest BCUT2D eigenvalue weighted by atomic mass is 35.5. The average molecular weight is 595 g/mol. The molecule has 2 aromatic heterocycles. The Morgan fingerprint density at radius 1 is 1.10 bits per heavy atom. The minimum Gasteiger partial charge on any atom is -0.352 e. The fraction of sp³-hybridized carbons (Fsp3) is 0.280. The van der Waals surface area contributed by atoms with Gasteiger partial charge in [-0.2, -0.15) is 23.1 Å². The molecule has 0 saturated heterocycles. The van der Waals surface area contributed by atoms with Crippen molar-refractivity contribution in [3.8, 4) is 0 Å². The Kier molecular flexibility index (Phi) is 8.45. The van der Waals surface area contributed by atoms with Gasteiger partial charge in [-0.25, -0.2) is 4.68 Å². The van der Waals surface area contributed by atoms with E-state index in [2.05, 4.69) is 31.1 Å².